The van der Waals surface area contributed by atoms with Gasteiger partial charge in [0, 0.05) is 0 Å². The number of hydrogen-bond donors (Lipinski definition) is 4. The minimum atomic E-state index is -5.03. The van der Waals surface area contributed by atoms with Crippen LogP contribution in [0.3, 0.4) is 0 Å². The van der Waals surface area contributed by atoms with Gasteiger partial charge in [-0.05, 0) is 6.92 Å². The number of hydrogen-bond acceptors (Lipinski definition) is 5. The Bertz CT molecular complexity index is 1010. The molecule has 2 aromatic rings. The first-order valence-corrected chi connectivity index (χ1v) is 12.2. The van der Waals surface area contributed by atoms with Crippen molar-refractivity contribution in [3.63, 3.8) is 0 Å². The summed E-state index contributed by atoms with van der Waals surface area (Å²) in [4.78, 5) is 11.6. The molecule has 0 aromatic heterocycles. The fraction of sp³-hybridized carbons (Fsp3) is 0.133. The van der Waals surface area contributed by atoms with Crippen molar-refractivity contribution in [3.8, 4) is 5.75 Å². The number of amides is 1. The third kappa shape index (κ3) is 3.78. The first-order valence-electron chi connectivity index (χ1n) is 7.37. The van der Waals surface area contributed by atoms with Gasteiger partial charge in [0.05, 0.1) is 0 Å². The van der Waals surface area contributed by atoms with Gasteiger partial charge in [-0.25, -0.2) is 0 Å². The number of fused-ring (bicyclic) bond motifs is 1. The number of sulfonamides is 1. The predicted octanol–water partition coefficient (Wildman–Crippen LogP) is -0.232. The molecule has 138 valence electrons. The van der Waals surface area contributed by atoms with Crippen molar-refractivity contribution in [2.45, 2.75) is 17.9 Å². The molecule has 0 radical (unpaired) electrons. The summed E-state index contributed by atoms with van der Waals surface area (Å²) in [5.74, 6) is -0.0147. The molecule has 0 fully saturated rings. The van der Waals surface area contributed by atoms with Crippen LogP contribution < -0.4 is 19.1 Å². The van der Waals surface area contributed by atoms with Gasteiger partial charge in [-0.2, -0.15) is 0 Å². The second-order valence-corrected chi connectivity index (χ2v) is 10.7. The van der Waals surface area contributed by atoms with Gasteiger partial charge >= 0.3 is 145 Å². The Morgan fingerprint density at radius 2 is 1.81 bits per heavy atom. The molecule has 1 atom stereocenters. The van der Waals surface area contributed by atoms with E-state index in [2.05, 4.69) is 10.0 Å². The van der Waals surface area contributed by atoms with E-state index in [1.165, 1.54) is 42.5 Å². The summed E-state index contributed by atoms with van der Waals surface area (Å²) in [5, 5.41) is 2.57. The molecule has 0 spiro atoms. The summed E-state index contributed by atoms with van der Waals surface area (Å²) in [6.07, 6.45) is -0.669. The number of anilines is 2. The maximum absolute atomic E-state index is 12.5. The van der Waals surface area contributed by atoms with Gasteiger partial charge in [0.1, 0.15) is 0 Å². The molecular weight excluding hydrogens is 427 g/mol. The molecule has 4 N–H and O–H groups in total. The first kappa shape index (κ1) is 18.5. The molecule has 0 aliphatic carbocycles. The fourth-order valence-electron chi connectivity index (χ4n) is 2.29. The molecule has 9 nitrogen and oxygen atoms in total. The van der Waals surface area contributed by atoms with E-state index in [1.54, 1.807) is 6.92 Å². The van der Waals surface area contributed by atoms with E-state index in [4.69, 9.17) is 12.9 Å². The molecule has 0 saturated heterocycles. The second kappa shape index (κ2) is 6.47. The normalized spacial score (nSPS) is 17.0. The maximum atomic E-state index is 12.5. The molecule has 11 heteroatoms. The zero-order valence-electron chi connectivity index (χ0n) is 13.4. The number of ether oxygens (including phenoxy) is 1. The molecule has 1 aliphatic rings. The van der Waals surface area contributed by atoms with Crippen LogP contribution in [-0.2, 0) is 18.6 Å². The quantitative estimate of drug-likeness (QED) is 0.479. The Morgan fingerprint density at radius 3 is 2.42 bits per heavy atom. The molecule has 3 rings (SSSR count). The van der Waals surface area contributed by atoms with E-state index in [0.717, 1.165) is 0 Å². The molecule has 1 unspecified atom stereocenters. The SMILES string of the molecule is CC1Oc2ccc(S(=O)(=O)Nc3ccc([As](=O)(O)O)cc3)cc2NC1=O. The van der Waals surface area contributed by atoms with Crippen molar-refractivity contribution in [2.24, 2.45) is 0 Å². The van der Waals surface area contributed by atoms with Crippen molar-refractivity contribution in [2.75, 3.05) is 10.0 Å². The third-order valence-corrected chi connectivity index (χ3v) is 7.06. The van der Waals surface area contributed by atoms with Gasteiger partial charge in [-0.15, -0.1) is 0 Å². The van der Waals surface area contributed by atoms with Gasteiger partial charge in [0.15, 0.2) is 0 Å². The van der Waals surface area contributed by atoms with Gasteiger partial charge in [-0.1, -0.05) is 0 Å². The molecule has 26 heavy (non-hydrogen) atoms. The summed E-state index contributed by atoms with van der Waals surface area (Å²) in [5.41, 5.74) is 0.389. The predicted molar refractivity (Wildman–Crippen MR) is 92.9 cm³/mol. The van der Waals surface area contributed by atoms with E-state index < -0.39 is 30.3 Å². The summed E-state index contributed by atoms with van der Waals surface area (Å²) >= 11 is -5.03. The molecule has 0 saturated carbocycles. The Balaban J connectivity index is 1.86. The van der Waals surface area contributed by atoms with Crippen LogP contribution in [0.25, 0.3) is 0 Å². The number of nitrogens with one attached hydrogen (secondary N) is 2. The zero-order chi connectivity index (χ0) is 19.1. The van der Waals surface area contributed by atoms with Crippen molar-refractivity contribution in [1.82, 2.24) is 0 Å². The number of carbonyl (C=O) groups excluding carboxylic acids is 1. The van der Waals surface area contributed by atoms with Crippen LogP contribution >= 0.6 is 0 Å². The number of rotatable bonds is 4. The molecule has 1 amide bonds. The minimum absolute atomic E-state index is 0.0992. The molecule has 0 bridgehead atoms. The molecule has 1 heterocycles. The Hall–Kier alpha value is -2.26. The third-order valence-electron chi connectivity index (χ3n) is 3.65. The van der Waals surface area contributed by atoms with E-state index in [9.17, 15) is 17.0 Å². The first-order chi connectivity index (χ1) is 12.1. The average molecular weight is 442 g/mol. The van der Waals surface area contributed by atoms with Gasteiger partial charge in [0.25, 0.3) is 0 Å². The van der Waals surface area contributed by atoms with E-state index >= 15 is 0 Å². The Kier molecular flexibility index (Phi) is 4.61. The van der Waals surface area contributed by atoms with E-state index in [1.807, 2.05) is 0 Å². The van der Waals surface area contributed by atoms with Crippen molar-refractivity contribution in [1.29, 1.82) is 0 Å². The van der Waals surface area contributed by atoms with Crippen molar-refractivity contribution >= 4 is 45.8 Å². The molecular formula is C15H15AsN2O7S. The van der Waals surface area contributed by atoms with Crippen LogP contribution in [0.15, 0.2) is 47.4 Å². The summed E-state index contributed by atoms with van der Waals surface area (Å²) in [7, 11) is -3.97. The standard InChI is InChI=1S/C15H15AsN2O7S/c1-9-15(19)17-13-8-12(6-7-14(13)25-9)26(23,24)18-11-4-2-10(3-5-11)16(20,21)22/h2-9,18H,1H3,(H,17,19)(H2,20,21,22). The Morgan fingerprint density at radius 1 is 1.15 bits per heavy atom. The second-order valence-electron chi connectivity index (χ2n) is 5.60. The zero-order valence-corrected chi connectivity index (χ0v) is 16.1. The van der Waals surface area contributed by atoms with Crippen LogP contribution in [0.2, 0.25) is 0 Å². The Labute approximate surface area is 152 Å². The van der Waals surface area contributed by atoms with E-state index in [0.29, 0.717) is 5.75 Å². The van der Waals surface area contributed by atoms with Gasteiger partial charge < -0.3 is 0 Å². The number of carbonyl (C=O) groups is 1. The summed E-state index contributed by atoms with van der Waals surface area (Å²) < 4.78 is 62.0. The van der Waals surface area contributed by atoms with Crippen LogP contribution in [0.5, 0.6) is 5.75 Å². The molecule has 2 aromatic carbocycles. The molecule has 1 aliphatic heterocycles. The van der Waals surface area contributed by atoms with Gasteiger partial charge in [-0.3, -0.25) is 0 Å². The van der Waals surface area contributed by atoms with E-state index in [-0.39, 0.29) is 26.5 Å². The van der Waals surface area contributed by atoms with Crippen molar-refractivity contribution in [3.05, 3.63) is 42.5 Å². The summed E-state index contributed by atoms with van der Waals surface area (Å²) in [6, 6.07) is 8.91. The summed E-state index contributed by atoms with van der Waals surface area (Å²) in [6.45, 7) is 1.58. The monoisotopic (exact) mass is 442 g/mol. The van der Waals surface area contributed by atoms with Crippen molar-refractivity contribution < 1.29 is 29.9 Å². The van der Waals surface area contributed by atoms with Gasteiger partial charge in [0.2, 0.25) is 0 Å². The van der Waals surface area contributed by atoms with Crippen LogP contribution in [0.1, 0.15) is 6.92 Å². The fourth-order valence-corrected chi connectivity index (χ4v) is 4.50. The number of benzene rings is 2. The average Bonchev–Trinajstić information content (AvgIpc) is 2.55. The van der Waals surface area contributed by atoms with Crippen LogP contribution in [-0.4, -0.2) is 42.8 Å². The van der Waals surface area contributed by atoms with Crippen LogP contribution in [0, 0.1) is 0 Å². The topological polar surface area (TPSA) is 142 Å². The van der Waals surface area contributed by atoms with Crippen LogP contribution in [0.4, 0.5) is 11.4 Å².